The van der Waals surface area contributed by atoms with Gasteiger partial charge in [0.1, 0.15) is 0 Å². The van der Waals surface area contributed by atoms with Gasteiger partial charge in [-0.1, -0.05) is 0 Å². The fraction of sp³-hybridized carbons (Fsp3) is 0.562. The van der Waals surface area contributed by atoms with Crippen LogP contribution >= 0.6 is 0 Å². The van der Waals surface area contributed by atoms with Crippen molar-refractivity contribution in [2.75, 3.05) is 19.6 Å². The number of hydrogen-bond donors (Lipinski definition) is 2. The highest BCUT2D eigenvalue weighted by Gasteiger charge is 2.17. The van der Waals surface area contributed by atoms with Gasteiger partial charge in [0.05, 0.1) is 36.2 Å². The maximum Gasteiger partial charge on any atom is 0.240 e. The Morgan fingerprint density at radius 2 is 1.82 bits per heavy atom. The summed E-state index contributed by atoms with van der Waals surface area (Å²) in [6.07, 6.45) is 1.81. The molecular weight excluding hydrogens is 298 g/mol. The minimum atomic E-state index is -3.51. The molecule has 5 nitrogen and oxygen atoms in total. The van der Waals surface area contributed by atoms with E-state index >= 15 is 0 Å². The monoisotopic (exact) mass is 324 g/mol. The number of rotatable bonds is 9. The Hall–Kier alpha value is -1.42. The summed E-state index contributed by atoms with van der Waals surface area (Å²) >= 11 is 0. The van der Waals surface area contributed by atoms with Crippen LogP contribution in [0, 0.1) is 11.3 Å². The topological polar surface area (TPSA) is 74.4 Å². The van der Waals surface area contributed by atoms with E-state index in [1.54, 1.807) is 0 Å². The Morgan fingerprint density at radius 1 is 1.23 bits per heavy atom. The van der Waals surface area contributed by atoms with Crippen LogP contribution in [0.25, 0.3) is 0 Å². The fourth-order valence-electron chi connectivity index (χ4n) is 2.36. The number of benzene rings is 1. The summed E-state index contributed by atoms with van der Waals surface area (Å²) in [6.45, 7) is 9.48. The van der Waals surface area contributed by atoms with Crippen LogP contribution in [0.3, 0.4) is 0 Å². The Balaban J connectivity index is 2.54. The van der Waals surface area contributed by atoms with Crippen LogP contribution in [0.2, 0.25) is 0 Å². The van der Waals surface area contributed by atoms with Gasteiger partial charge < -0.3 is 4.90 Å². The molecule has 6 heteroatoms. The first kappa shape index (κ1) is 18.6. The molecule has 0 saturated heterocycles. The molecule has 0 radical (unpaired) electrons. The summed E-state index contributed by atoms with van der Waals surface area (Å²) in [5.41, 5.74) is 0.453. The molecule has 0 saturated carbocycles. The molecule has 0 aliphatic rings. The van der Waals surface area contributed by atoms with E-state index in [-0.39, 0.29) is 10.9 Å². The van der Waals surface area contributed by atoms with Crippen molar-refractivity contribution in [2.45, 2.75) is 44.6 Å². The average molecular weight is 324 g/mol. The van der Waals surface area contributed by atoms with Crippen LogP contribution in [0.15, 0.2) is 29.2 Å². The van der Waals surface area contributed by atoms with Gasteiger partial charge in [-0.05, 0) is 57.9 Å². The molecule has 1 atom stereocenters. The third-order valence-electron chi connectivity index (χ3n) is 3.82. The van der Waals surface area contributed by atoms with Crippen LogP contribution < -0.4 is 9.62 Å². The lowest BCUT2D eigenvalue weighted by Gasteiger charge is -2.18. The minimum Gasteiger partial charge on any atom is -0.335 e. The molecule has 0 bridgehead atoms. The molecule has 0 heterocycles. The Bertz CT molecular complexity index is 587. The summed E-state index contributed by atoms with van der Waals surface area (Å²) in [4.78, 5) is 1.73. The molecule has 1 aromatic rings. The maximum absolute atomic E-state index is 12.3. The van der Waals surface area contributed by atoms with Crippen molar-refractivity contribution in [1.82, 2.24) is 4.72 Å². The average Bonchev–Trinajstić information content (AvgIpc) is 2.51. The van der Waals surface area contributed by atoms with Crippen LogP contribution in [-0.2, 0) is 10.0 Å². The molecule has 0 unspecified atom stereocenters. The zero-order valence-corrected chi connectivity index (χ0v) is 14.4. The van der Waals surface area contributed by atoms with E-state index in [0.717, 1.165) is 32.5 Å². The van der Waals surface area contributed by atoms with E-state index in [9.17, 15) is 8.42 Å². The molecule has 0 spiro atoms. The minimum absolute atomic E-state index is 0.101. The van der Waals surface area contributed by atoms with Crippen LogP contribution in [0.4, 0.5) is 0 Å². The SMILES string of the molecule is CC[NH+](CC)CCC[C@H](C)NS(=O)(=O)c1ccc(C#N)cc1. The molecule has 0 aliphatic carbocycles. The lowest BCUT2D eigenvalue weighted by Crippen LogP contribution is -3.11. The van der Waals surface area contributed by atoms with E-state index in [2.05, 4.69) is 18.6 Å². The number of sulfonamides is 1. The maximum atomic E-state index is 12.3. The van der Waals surface area contributed by atoms with Gasteiger partial charge in [-0.25, -0.2) is 13.1 Å². The molecule has 0 fully saturated rings. The lowest BCUT2D eigenvalue weighted by molar-refractivity contribution is -0.896. The van der Waals surface area contributed by atoms with Crippen LogP contribution in [-0.4, -0.2) is 34.1 Å². The molecule has 1 rings (SSSR count). The van der Waals surface area contributed by atoms with Gasteiger partial charge in [0.25, 0.3) is 0 Å². The van der Waals surface area contributed by atoms with Crippen molar-refractivity contribution in [3.05, 3.63) is 29.8 Å². The zero-order chi connectivity index (χ0) is 16.6. The van der Waals surface area contributed by atoms with Gasteiger partial charge in [0, 0.05) is 6.04 Å². The largest absolute Gasteiger partial charge is 0.335 e. The van der Waals surface area contributed by atoms with Crippen molar-refractivity contribution < 1.29 is 13.3 Å². The summed E-state index contributed by atoms with van der Waals surface area (Å²) in [6, 6.07) is 7.84. The normalized spacial score (nSPS) is 13.0. The smallest absolute Gasteiger partial charge is 0.240 e. The van der Waals surface area contributed by atoms with Crippen molar-refractivity contribution >= 4 is 10.0 Å². The number of quaternary nitrogens is 1. The number of nitrogens with one attached hydrogen (secondary N) is 2. The molecular formula is C16H26N3O2S+. The van der Waals surface area contributed by atoms with E-state index in [0.29, 0.717) is 5.56 Å². The predicted octanol–water partition coefficient (Wildman–Crippen LogP) is 0.930. The molecule has 0 amide bonds. The molecule has 1 aromatic carbocycles. The summed E-state index contributed by atoms with van der Waals surface area (Å²) in [7, 11) is -3.51. The highest BCUT2D eigenvalue weighted by molar-refractivity contribution is 7.89. The third-order valence-corrected chi connectivity index (χ3v) is 5.42. The summed E-state index contributed by atoms with van der Waals surface area (Å²) < 4.78 is 27.2. The number of nitriles is 1. The number of nitrogens with zero attached hydrogens (tertiary/aromatic N) is 1. The Morgan fingerprint density at radius 3 is 2.32 bits per heavy atom. The van der Waals surface area contributed by atoms with E-state index in [4.69, 9.17) is 5.26 Å². The van der Waals surface area contributed by atoms with E-state index < -0.39 is 10.0 Å². The first-order valence-corrected chi connectivity index (χ1v) is 9.27. The van der Waals surface area contributed by atoms with Gasteiger partial charge in [0.2, 0.25) is 10.0 Å². The van der Waals surface area contributed by atoms with E-state index in [1.165, 1.54) is 29.2 Å². The van der Waals surface area contributed by atoms with Crippen molar-refractivity contribution in [3.63, 3.8) is 0 Å². The lowest BCUT2D eigenvalue weighted by atomic mass is 10.2. The highest BCUT2D eigenvalue weighted by atomic mass is 32.2. The Kier molecular flexibility index (Phi) is 7.52. The predicted molar refractivity (Wildman–Crippen MR) is 87.1 cm³/mol. The second kappa shape index (κ2) is 8.89. The van der Waals surface area contributed by atoms with Crippen molar-refractivity contribution in [2.24, 2.45) is 0 Å². The Labute approximate surface area is 134 Å². The molecule has 2 N–H and O–H groups in total. The van der Waals surface area contributed by atoms with Gasteiger partial charge >= 0.3 is 0 Å². The summed E-state index contributed by atoms with van der Waals surface area (Å²) in [5, 5.41) is 8.74. The second-order valence-electron chi connectivity index (χ2n) is 5.51. The summed E-state index contributed by atoms with van der Waals surface area (Å²) in [5.74, 6) is 0. The third kappa shape index (κ3) is 5.76. The zero-order valence-electron chi connectivity index (χ0n) is 13.6. The van der Waals surface area contributed by atoms with Crippen LogP contribution in [0.1, 0.15) is 39.2 Å². The van der Waals surface area contributed by atoms with Gasteiger partial charge in [-0.2, -0.15) is 5.26 Å². The molecule has 22 heavy (non-hydrogen) atoms. The molecule has 122 valence electrons. The van der Waals surface area contributed by atoms with Crippen molar-refractivity contribution in [1.29, 1.82) is 5.26 Å². The quantitative estimate of drug-likeness (QED) is 0.710. The number of hydrogen-bond acceptors (Lipinski definition) is 3. The van der Waals surface area contributed by atoms with Crippen molar-refractivity contribution in [3.8, 4) is 6.07 Å². The second-order valence-corrected chi connectivity index (χ2v) is 7.22. The first-order chi connectivity index (χ1) is 10.4. The first-order valence-electron chi connectivity index (χ1n) is 7.79. The molecule has 0 aromatic heterocycles. The van der Waals surface area contributed by atoms with E-state index in [1.807, 2.05) is 13.0 Å². The molecule has 0 aliphatic heterocycles. The fourth-order valence-corrected chi connectivity index (χ4v) is 3.64. The van der Waals surface area contributed by atoms with Gasteiger partial charge in [-0.15, -0.1) is 0 Å². The van der Waals surface area contributed by atoms with Crippen LogP contribution in [0.5, 0.6) is 0 Å². The standard InChI is InChI=1S/C16H25N3O2S/c1-4-19(5-2)12-6-7-14(3)18-22(20,21)16-10-8-15(13-17)9-11-16/h8-11,14,18H,4-7,12H2,1-3H3/p+1/t14-/m0/s1. The highest BCUT2D eigenvalue weighted by Crippen LogP contribution is 2.11. The van der Waals surface area contributed by atoms with Gasteiger partial charge in [-0.3, -0.25) is 0 Å². The van der Waals surface area contributed by atoms with Gasteiger partial charge in [0.15, 0.2) is 0 Å².